The maximum absolute atomic E-state index is 14.9. The number of rotatable bonds is 14. The second kappa shape index (κ2) is 19.1. The van der Waals surface area contributed by atoms with E-state index in [-0.39, 0.29) is 82.1 Å². The Morgan fingerprint density at radius 3 is 2.38 bits per heavy atom. The number of aromatic nitrogens is 2. The largest absolute Gasteiger partial charge is 0.481 e. The van der Waals surface area contributed by atoms with Crippen LogP contribution in [-0.2, 0) is 41.7 Å². The van der Waals surface area contributed by atoms with Crippen molar-refractivity contribution in [2.24, 2.45) is 0 Å². The molecule has 3 N–H and O–H groups in total. The lowest BCUT2D eigenvalue weighted by Crippen LogP contribution is -2.51. The minimum absolute atomic E-state index is 0.0685. The van der Waals surface area contributed by atoms with E-state index in [2.05, 4.69) is 16.0 Å². The van der Waals surface area contributed by atoms with E-state index in [4.69, 9.17) is 42.1 Å². The van der Waals surface area contributed by atoms with E-state index in [1.54, 1.807) is 25.5 Å². The number of ether oxygens (including phenoxy) is 4. The first-order valence-electron chi connectivity index (χ1n) is 18.0. The SMILES string of the molecule is CCOC(=O)C(OCC)N1C(=O)COc2cc(F)c(/C(C)=C(\Cl)NCCCCNC=O)cc21.O=C1COc2cc(F)c(-c3c(Cl)n4n(c3=O)CCCC4)cc2N1. The highest BCUT2D eigenvalue weighted by Crippen LogP contribution is 2.39. The van der Waals surface area contributed by atoms with Gasteiger partial charge in [-0.2, -0.15) is 0 Å². The maximum atomic E-state index is 14.9. The van der Waals surface area contributed by atoms with Crippen LogP contribution in [0.2, 0.25) is 5.15 Å². The molecule has 3 amide bonds. The van der Waals surface area contributed by atoms with Gasteiger partial charge in [0.1, 0.15) is 33.4 Å². The van der Waals surface area contributed by atoms with E-state index in [0.29, 0.717) is 43.8 Å². The average molecular weight is 824 g/mol. The number of esters is 1. The average Bonchev–Trinajstić information content (AvgIpc) is 3.43. The second-order valence-electron chi connectivity index (χ2n) is 12.6. The molecular weight excluding hydrogens is 781 g/mol. The summed E-state index contributed by atoms with van der Waals surface area (Å²) in [4.78, 5) is 60.5. The number of allylic oxidation sites excluding steroid dienone is 1. The fourth-order valence-corrected chi connectivity index (χ4v) is 6.82. The van der Waals surface area contributed by atoms with E-state index in [0.717, 1.165) is 36.6 Å². The van der Waals surface area contributed by atoms with Gasteiger partial charge in [0.05, 0.1) is 23.5 Å². The Kier molecular flexibility index (Phi) is 14.4. The topological polar surface area (TPSA) is 171 Å². The molecule has 15 nitrogen and oxygen atoms in total. The van der Waals surface area contributed by atoms with Crippen molar-refractivity contribution >= 4 is 64.3 Å². The summed E-state index contributed by atoms with van der Waals surface area (Å²) in [5, 5.41) is 8.65. The highest BCUT2D eigenvalue weighted by atomic mass is 35.5. The summed E-state index contributed by atoms with van der Waals surface area (Å²) in [5.74, 6) is -2.45. The van der Waals surface area contributed by atoms with Gasteiger partial charge in [0.2, 0.25) is 12.6 Å². The fraction of sp³-hybridized carbons (Fsp3) is 0.432. The van der Waals surface area contributed by atoms with Crippen molar-refractivity contribution in [3.8, 4) is 22.6 Å². The highest BCUT2D eigenvalue weighted by molar-refractivity contribution is 6.32. The number of anilines is 2. The van der Waals surface area contributed by atoms with Crippen molar-refractivity contribution in [2.75, 3.05) is 49.7 Å². The Hall–Kier alpha value is -5.13. The molecule has 4 heterocycles. The third-order valence-electron chi connectivity index (χ3n) is 8.95. The molecule has 3 aliphatic heterocycles. The Labute approximate surface area is 330 Å². The van der Waals surface area contributed by atoms with Crippen molar-refractivity contribution < 1.29 is 46.9 Å². The fourth-order valence-electron chi connectivity index (χ4n) is 6.26. The lowest BCUT2D eigenvalue weighted by molar-refractivity contribution is -0.158. The van der Waals surface area contributed by atoms with Crippen LogP contribution in [0.1, 0.15) is 52.0 Å². The van der Waals surface area contributed by atoms with Crippen molar-refractivity contribution in [2.45, 2.75) is 65.8 Å². The second-order valence-corrected chi connectivity index (χ2v) is 13.4. The van der Waals surface area contributed by atoms with E-state index in [9.17, 15) is 32.8 Å². The first-order valence-corrected chi connectivity index (χ1v) is 18.8. The van der Waals surface area contributed by atoms with E-state index in [1.807, 2.05) is 0 Å². The van der Waals surface area contributed by atoms with Crippen LogP contribution in [0.4, 0.5) is 20.2 Å². The summed E-state index contributed by atoms with van der Waals surface area (Å²) >= 11 is 12.7. The number of hydrogen-bond donors (Lipinski definition) is 3. The molecule has 0 saturated carbocycles. The Morgan fingerprint density at radius 2 is 1.68 bits per heavy atom. The quantitative estimate of drug-likeness (QED) is 0.0892. The molecule has 0 saturated heterocycles. The van der Waals surface area contributed by atoms with Crippen LogP contribution in [0.3, 0.4) is 0 Å². The third-order valence-corrected chi connectivity index (χ3v) is 9.76. The minimum atomic E-state index is -1.33. The zero-order chi connectivity index (χ0) is 40.5. The van der Waals surface area contributed by atoms with Gasteiger partial charge in [-0.15, -0.1) is 0 Å². The Balaban J connectivity index is 0.000000227. The lowest BCUT2D eigenvalue weighted by Gasteiger charge is -2.34. The van der Waals surface area contributed by atoms with Gasteiger partial charge in [-0.3, -0.25) is 28.8 Å². The van der Waals surface area contributed by atoms with Crippen LogP contribution in [0.5, 0.6) is 11.5 Å². The number of benzene rings is 2. The van der Waals surface area contributed by atoms with E-state index in [1.165, 1.54) is 22.9 Å². The van der Waals surface area contributed by atoms with Gasteiger partial charge >= 0.3 is 5.97 Å². The van der Waals surface area contributed by atoms with Gasteiger partial charge in [-0.25, -0.2) is 18.3 Å². The van der Waals surface area contributed by atoms with Crippen LogP contribution in [-0.4, -0.2) is 79.3 Å². The molecule has 6 rings (SSSR count). The van der Waals surface area contributed by atoms with Gasteiger partial charge < -0.3 is 34.9 Å². The molecule has 1 aromatic heterocycles. The summed E-state index contributed by atoms with van der Waals surface area (Å²) < 4.78 is 53.7. The molecule has 3 aromatic rings. The van der Waals surface area contributed by atoms with Gasteiger partial charge in [0, 0.05) is 56.0 Å². The lowest BCUT2D eigenvalue weighted by atomic mass is 10.0. The molecule has 0 aliphatic carbocycles. The summed E-state index contributed by atoms with van der Waals surface area (Å²) in [5.41, 5.74) is 0.922. The van der Waals surface area contributed by atoms with E-state index >= 15 is 0 Å². The smallest absolute Gasteiger partial charge is 0.357 e. The van der Waals surface area contributed by atoms with Gasteiger partial charge in [0.15, 0.2) is 13.2 Å². The van der Waals surface area contributed by atoms with Crippen molar-refractivity contribution in [3.05, 3.63) is 62.1 Å². The van der Waals surface area contributed by atoms with E-state index < -0.39 is 29.7 Å². The first kappa shape index (κ1) is 42.0. The highest BCUT2D eigenvalue weighted by Gasteiger charge is 2.38. The molecular formula is C37H42Cl2F2N6O9. The number of carbonyl (C=O) groups is 4. The standard InChI is InChI=1S/C22H29ClFN3O6.C15H13ClFN3O3/c1-4-31-21(22(30)32-5-2)27-17-10-15(16(24)11-18(17)33-12-19(27)29)14(3)20(23)26-9-7-6-8-25-13-28;16-14-13(15(22)20-4-2-1-3-19(14)20)8-5-10-11(6-9(8)17)23-7-12(21)18-10/h10-11,13,21,26H,4-9,12H2,1-3H3,(H,25,28);5-6H,1-4,7H2,(H,18,21)/b20-14+;. The Morgan fingerprint density at radius 1 is 0.982 bits per heavy atom. The number of halogens is 4. The van der Waals surface area contributed by atoms with Gasteiger partial charge in [-0.05, 0) is 64.2 Å². The number of unbranched alkanes of at least 4 members (excludes halogenated alkanes) is 1. The van der Waals surface area contributed by atoms with Crippen LogP contribution in [0.25, 0.3) is 16.7 Å². The predicted molar refractivity (Wildman–Crippen MR) is 204 cm³/mol. The normalized spacial score (nSPS) is 15.3. The van der Waals surface area contributed by atoms with Gasteiger partial charge in [-0.1, -0.05) is 23.2 Å². The van der Waals surface area contributed by atoms with Crippen LogP contribution in [0.15, 0.2) is 34.2 Å². The number of nitrogens with zero attached hydrogens (tertiary/aromatic N) is 3. The molecule has 0 fully saturated rings. The van der Waals surface area contributed by atoms with Crippen molar-refractivity contribution in [1.29, 1.82) is 0 Å². The molecule has 0 bridgehead atoms. The monoisotopic (exact) mass is 822 g/mol. The summed E-state index contributed by atoms with van der Waals surface area (Å²) in [6, 6.07) is 5.12. The number of fused-ring (bicyclic) bond motifs is 3. The molecule has 3 aliphatic rings. The summed E-state index contributed by atoms with van der Waals surface area (Å²) in [6.45, 7) is 6.95. The van der Waals surface area contributed by atoms with Crippen LogP contribution in [0, 0.1) is 11.6 Å². The molecule has 0 radical (unpaired) electrons. The van der Waals surface area contributed by atoms with Gasteiger partial charge in [0.25, 0.3) is 17.4 Å². The maximum Gasteiger partial charge on any atom is 0.357 e. The van der Waals surface area contributed by atoms with Crippen LogP contribution < -0.4 is 35.9 Å². The number of carbonyl (C=O) groups excluding carboxylic acids is 4. The molecule has 19 heteroatoms. The molecule has 2 aromatic carbocycles. The molecule has 1 atom stereocenters. The zero-order valence-electron chi connectivity index (χ0n) is 31.0. The zero-order valence-corrected chi connectivity index (χ0v) is 32.5. The van der Waals surface area contributed by atoms with Crippen LogP contribution >= 0.6 is 23.2 Å². The summed E-state index contributed by atoms with van der Waals surface area (Å²) in [6.07, 6.45) is 2.60. The number of amides is 3. The number of nitrogens with one attached hydrogen (secondary N) is 3. The molecule has 56 heavy (non-hydrogen) atoms. The Bertz CT molecular complexity index is 2070. The minimum Gasteiger partial charge on any atom is -0.481 e. The summed E-state index contributed by atoms with van der Waals surface area (Å²) in [7, 11) is 0. The number of hydrogen-bond acceptors (Lipinski definition) is 10. The van der Waals surface area contributed by atoms with Crippen molar-refractivity contribution in [3.63, 3.8) is 0 Å². The molecule has 0 spiro atoms. The molecule has 302 valence electrons. The predicted octanol–water partition coefficient (Wildman–Crippen LogP) is 4.75. The van der Waals surface area contributed by atoms with Crippen molar-refractivity contribution in [1.82, 2.24) is 20.0 Å². The first-order chi connectivity index (χ1) is 26.9. The third kappa shape index (κ3) is 9.28. The molecule has 1 unspecified atom stereocenters.